The minimum atomic E-state index is -0.741. The molecular weight excluding hydrogens is 461 g/mol. The number of rotatable bonds is 6. The van der Waals surface area contributed by atoms with Crippen LogP contribution in [0.2, 0.25) is 5.02 Å². The third kappa shape index (κ3) is 5.07. The smallest absolute Gasteiger partial charge is 0.409 e. The highest BCUT2D eigenvalue weighted by molar-refractivity contribution is 6.30. The van der Waals surface area contributed by atoms with E-state index in [0.717, 1.165) is 23.7 Å². The Balaban J connectivity index is 1.43. The molecule has 0 unspecified atom stereocenters. The van der Waals surface area contributed by atoms with E-state index in [4.69, 9.17) is 16.3 Å². The van der Waals surface area contributed by atoms with Crippen LogP contribution in [0, 0.1) is 5.82 Å². The van der Waals surface area contributed by atoms with Crippen molar-refractivity contribution < 1.29 is 23.5 Å². The van der Waals surface area contributed by atoms with Crippen LogP contribution in [0.25, 0.3) is 10.9 Å². The maximum atomic E-state index is 14.0. The van der Waals surface area contributed by atoms with E-state index in [2.05, 4.69) is 5.32 Å². The van der Waals surface area contributed by atoms with Gasteiger partial charge in [0.05, 0.1) is 5.02 Å². The van der Waals surface area contributed by atoms with Gasteiger partial charge in [0, 0.05) is 47.7 Å². The van der Waals surface area contributed by atoms with Crippen LogP contribution in [0.1, 0.15) is 42.1 Å². The Kier molecular flexibility index (Phi) is 7.17. The lowest BCUT2D eigenvalue weighted by atomic mass is 10.1. The van der Waals surface area contributed by atoms with Crippen LogP contribution < -0.4 is 5.32 Å². The van der Waals surface area contributed by atoms with Crippen LogP contribution in [0.3, 0.4) is 0 Å². The Morgan fingerprint density at radius 1 is 1.15 bits per heavy atom. The molecule has 4 rings (SSSR count). The molecule has 0 saturated carbocycles. The maximum Gasteiger partial charge on any atom is 0.409 e. The monoisotopic (exact) mass is 485 g/mol. The number of aromatic nitrogens is 1. The zero-order valence-corrected chi connectivity index (χ0v) is 19.5. The molecule has 1 N–H and O–H groups in total. The molecular formula is C25H25ClFN3O4. The fourth-order valence-corrected chi connectivity index (χ4v) is 4.42. The van der Waals surface area contributed by atoms with Crippen LogP contribution in [0.5, 0.6) is 0 Å². The minimum absolute atomic E-state index is 0.0169. The van der Waals surface area contributed by atoms with E-state index in [0.29, 0.717) is 18.5 Å². The normalized spacial score (nSPS) is 15.9. The zero-order chi connectivity index (χ0) is 24.2. The SMILES string of the molecule is CC(=O)c1cn(CC(=O)N2CCCC[C@@H]2OC(=O)NCc2cccc(Cl)c2F)c2ccccc12. The standard InChI is InChI=1S/C25H25ClFN3O4/c1-16(31)19-14-29(21-10-3-2-8-18(19)21)15-22(32)30-12-5-4-11-23(30)34-25(33)28-13-17-7-6-9-20(26)24(17)27/h2-3,6-10,14,23H,4-5,11-13,15H2,1H3,(H,28,33)/t23-/m0/s1. The molecule has 1 aromatic heterocycles. The summed E-state index contributed by atoms with van der Waals surface area (Å²) >= 11 is 5.78. The Bertz CT molecular complexity index is 1240. The highest BCUT2D eigenvalue weighted by Crippen LogP contribution is 2.24. The first kappa shape index (κ1) is 23.8. The molecule has 0 radical (unpaired) electrons. The summed E-state index contributed by atoms with van der Waals surface area (Å²) in [4.78, 5) is 39.2. The van der Waals surface area contributed by atoms with Gasteiger partial charge in [-0.1, -0.05) is 41.9 Å². The van der Waals surface area contributed by atoms with Gasteiger partial charge in [0.25, 0.3) is 0 Å². The van der Waals surface area contributed by atoms with Crippen molar-refractivity contribution >= 4 is 40.3 Å². The number of ketones is 1. The predicted molar refractivity (Wildman–Crippen MR) is 126 cm³/mol. The molecule has 0 bridgehead atoms. The average Bonchev–Trinajstić information content (AvgIpc) is 3.19. The summed E-state index contributed by atoms with van der Waals surface area (Å²) in [6.07, 6.45) is 2.35. The fraction of sp³-hybridized carbons (Fsp3) is 0.320. The summed E-state index contributed by atoms with van der Waals surface area (Å²) in [5.41, 5.74) is 1.58. The largest absolute Gasteiger partial charge is 0.425 e. The molecule has 1 fully saturated rings. The number of halogens is 2. The lowest BCUT2D eigenvalue weighted by Crippen LogP contribution is -2.48. The Morgan fingerprint density at radius 2 is 1.94 bits per heavy atom. The number of carbonyl (C=O) groups excluding carboxylic acids is 3. The molecule has 2 heterocycles. The lowest BCUT2D eigenvalue weighted by molar-refractivity contribution is -0.145. The van der Waals surface area contributed by atoms with Crippen molar-refractivity contribution in [3.63, 3.8) is 0 Å². The quantitative estimate of drug-likeness (QED) is 0.503. The van der Waals surface area contributed by atoms with Gasteiger partial charge in [0.2, 0.25) is 5.91 Å². The summed E-state index contributed by atoms with van der Waals surface area (Å²) in [7, 11) is 0. The number of hydrogen-bond donors (Lipinski definition) is 1. The van der Waals surface area contributed by atoms with Gasteiger partial charge in [-0.3, -0.25) is 9.59 Å². The van der Waals surface area contributed by atoms with Gasteiger partial charge in [-0.2, -0.15) is 0 Å². The Hall–Kier alpha value is -3.39. The number of alkyl carbamates (subject to hydrolysis) is 1. The van der Waals surface area contributed by atoms with Crippen molar-refractivity contribution in [1.29, 1.82) is 0 Å². The molecule has 1 aliphatic rings. The Morgan fingerprint density at radius 3 is 2.74 bits per heavy atom. The molecule has 1 atom stereocenters. The predicted octanol–water partition coefficient (Wildman–Crippen LogP) is 4.90. The third-order valence-electron chi connectivity index (χ3n) is 5.94. The molecule has 2 amide bonds. The second-order valence-corrected chi connectivity index (χ2v) is 8.66. The lowest BCUT2D eigenvalue weighted by Gasteiger charge is -2.35. The molecule has 178 valence electrons. The molecule has 2 aromatic carbocycles. The van der Waals surface area contributed by atoms with Gasteiger partial charge in [0.15, 0.2) is 12.0 Å². The second kappa shape index (κ2) is 10.3. The molecule has 9 heteroatoms. The van der Waals surface area contributed by atoms with Crippen LogP contribution >= 0.6 is 11.6 Å². The maximum absolute atomic E-state index is 14.0. The van der Waals surface area contributed by atoms with Crippen LogP contribution in [-0.4, -0.2) is 40.0 Å². The van der Waals surface area contributed by atoms with Gasteiger partial charge in [0.1, 0.15) is 12.4 Å². The summed E-state index contributed by atoms with van der Waals surface area (Å²) < 4.78 is 21.3. The molecule has 7 nitrogen and oxygen atoms in total. The van der Waals surface area contributed by atoms with E-state index in [-0.39, 0.29) is 35.4 Å². The molecule has 0 aliphatic carbocycles. The number of para-hydroxylation sites is 1. The number of nitrogens with zero attached hydrogens (tertiary/aromatic N) is 2. The first-order chi connectivity index (χ1) is 16.3. The molecule has 1 aliphatic heterocycles. The van der Waals surface area contributed by atoms with Crippen molar-refractivity contribution in [2.24, 2.45) is 0 Å². The van der Waals surface area contributed by atoms with Crippen LogP contribution in [0.15, 0.2) is 48.7 Å². The number of ether oxygens (including phenoxy) is 1. The first-order valence-corrected chi connectivity index (χ1v) is 11.5. The minimum Gasteiger partial charge on any atom is -0.425 e. The Labute approximate surface area is 201 Å². The number of hydrogen-bond acceptors (Lipinski definition) is 4. The van der Waals surface area contributed by atoms with E-state index < -0.39 is 18.1 Å². The number of likely N-dealkylation sites (tertiary alicyclic amines) is 1. The van der Waals surface area contributed by atoms with E-state index in [9.17, 15) is 18.8 Å². The van der Waals surface area contributed by atoms with Crippen LogP contribution in [0.4, 0.5) is 9.18 Å². The number of Topliss-reactive ketones (excluding diaryl/α,β-unsaturated/α-hetero) is 1. The van der Waals surface area contributed by atoms with E-state index in [1.807, 2.05) is 24.3 Å². The molecule has 3 aromatic rings. The van der Waals surface area contributed by atoms with Crippen molar-refractivity contribution in [3.8, 4) is 0 Å². The van der Waals surface area contributed by atoms with Crippen molar-refractivity contribution in [2.45, 2.75) is 45.5 Å². The van der Waals surface area contributed by atoms with E-state index in [1.165, 1.54) is 19.1 Å². The second-order valence-electron chi connectivity index (χ2n) is 8.25. The number of benzene rings is 2. The van der Waals surface area contributed by atoms with Crippen molar-refractivity contribution in [2.75, 3.05) is 6.54 Å². The average molecular weight is 486 g/mol. The van der Waals surface area contributed by atoms with Gasteiger partial charge < -0.3 is 19.5 Å². The molecule has 0 spiro atoms. The summed E-state index contributed by atoms with van der Waals surface area (Å²) in [5, 5.41) is 3.29. The number of piperidine rings is 1. The number of nitrogens with one attached hydrogen (secondary N) is 1. The number of fused-ring (bicyclic) bond motifs is 1. The van der Waals surface area contributed by atoms with Crippen LogP contribution in [-0.2, 0) is 22.6 Å². The number of amides is 2. The topological polar surface area (TPSA) is 80.6 Å². The van der Waals surface area contributed by atoms with Crippen molar-refractivity contribution in [1.82, 2.24) is 14.8 Å². The zero-order valence-electron chi connectivity index (χ0n) is 18.7. The summed E-state index contributed by atoms with van der Waals surface area (Å²) in [6, 6.07) is 12.0. The highest BCUT2D eigenvalue weighted by Gasteiger charge is 2.30. The van der Waals surface area contributed by atoms with Gasteiger partial charge in [-0.15, -0.1) is 0 Å². The molecule has 1 saturated heterocycles. The molecule has 34 heavy (non-hydrogen) atoms. The highest BCUT2D eigenvalue weighted by atomic mass is 35.5. The van der Waals surface area contributed by atoms with E-state index >= 15 is 0 Å². The fourth-order valence-electron chi connectivity index (χ4n) is 4.22. The van der Waals surface area contributed by atoms with Crippen molar-refractivity contribution in [3.05, 3.63) is 70.6 Å². The van der Waals surface area contributed by atoms with Gasteiger partial charge in [-0.05, 0) is 31.9 Å². The van der Waals surface area contributed by atoms with Gasteiger partial charge >= 0.3 is 6.09 Å². The van der Waals surface area contributed by atoms with E-state index in [1.54, 1.807) is 21.7 Å². The third-order valence-corrected chi connectivity index (χ3v) is 6.23. The summed E-state index contributed by atoms with van der Waals surface area (Å²) in [6.45, 7) is 1.88. The number of carbonyl (C=O) groups is 3. The first-order valence-electron chi connectivity index (χ1n) is 11.1. The summed E-state index contributed by atoms with van der Waals surface area (Å²) in [5.74, 6) is -0.883. The van der Waals surface area contributed by atoms with Gasteiger partial charge in [-0.25, -0.2) is 9.18 Å².